The van der Waals surface area contributed by atoms with Crippen LogP contribution < -0.4 is 5.32 Å². The van der Waals surface area contributed by atoms with Gasteiger partial charge in [0.25, 0.3) is 0 Å². The van der Waals surface area contributed by atoms with Crippen molar-refractivity contribution in [2.45, 2.75) is 70.6 Å². The molecule has 1 aliphatic rings. The molecule has 1 N–H and O–H groups in total. The largest absolute Gasteiger partial charge is 0.465 e. The van der Waals surface area contributed by atoms with Gasteiger partial charge in [0.05, 0.1) is 12.7 Å². The Balaban J connectivity index is 2.72. The quantitative estimate of drug-likeness (QED) is 0.742. The first-order valence-corrected chi connectivity index (χ1v) is 7.02. The average Bonchev–Trinajstić information content (AvgIpc) is 2.39. The average molecular weight is 257 g/mol. The lowest BCUT2D eigenvalue weighted by Gasteiger charge is -2.38. The van der Waals surface area contributed by atoms with Crippen LogP contribution in [0.2, 0.25) is 0 Å². The van der Waals surface area contributed by atoms with E-state index < -0.39 is 5.54 Å². The molecule has 1 saturated carbocycles. The highest BCUT2D eigenvalue weighted by atomic mass is 16.5. The number of nitrogens with one attached hydrogen (secondary N) is 1. The van der Waals surface area contributed by atoms with Gasteiger partial charge < -0.3 is 9.47 Å². The van der Waals surface area contributed by atoms with E-state index in [1.54, 1.807) is 7.11 Å². The highest BCUT2D eigenvalue weighted by molar-refractivity contribution is 5.81. The van der Waals surface area contributed by atoms with E-state index >= 15 is 0 Å². The maximum Gasteiger partial charge on any atom is 0.328 e. The Hall–Kier alpha value is -0.610. The molecule has 4 heteroatoms. The first-order valence-electron chi connectivity index (χ1n) is 7.02. The Morgan fingerprint density at radius 2 is 2.00 bits per heavy atom. The summed E-state index contributed by atoms with van der Waals surface area (Å²) in [6.07, 6.45) is 5.82. The molecule has 0 amide bonds. The number of carbonyl (C=O) groups excluding carboxylic acids is 1. The SMILES string of the molecule is CCOC(=O)C(C)(NC1CCCCC1)C(C)OC. The van der Waals surface area contributed by atoms with Crippen LogP contribution in [-0.4, -0.2) is 37.4 Å². The summed E-state index contributed by atoms with van der Waals surface area (Å²) in [4.78, 5) is 12.2. The van der Waals surface area contributed by atoms with Gasteiger partial charge >= 0.3 is 5.97 Å². The van der Waals surface area contributed by atoms with E-state index in [1.165, 1.54) is 19.3 Å². The van der Waals surface area contributed by atoms with Gasteiger partial charge in [0.15, 0.2) is 0 Å². The van der Waals surface area contributed by atoms with E-state index in [-0.39, 0.29) is 12.1 Å². The Morgan fingerprint density at radius 1 is 1.39 bits per heavy atom. The number of carbonyl (C=O) groups is 1. The molecule has 1 aliphatic carbocycles. The van der Waals surface area contributed by atoms with Crippen molar-refractivity contribution in [3.05, 3.63) is 0 Å². The maximum absolute atomic E-state index is 12.2. The highest BCUT2D eigenvalue weighted by Gasteiger charge is 2.42. The first-order chi connectivity index (χ1) is 8.54. The lowest BCUT2D eigenvalue weighted by Crippen LogP contribution is -2.61. The van der Waals surface area contributed by atoms with E-state index in [9.17, 15) is 4.79 Å². The Labute approximate surface area is 110 Å². The third-order valence-corrected chi connectivity index (χ3v) is 3.98. The fourth-order valence-electron chi connectivity index (χ4n) is 2.53. The van der Waals surface area contributed by atoms with Crippen molar-refractivity contribution in [3.8, 4) is 0 Å². The fraction of sp³-hybridized carbons (Fsp3) is 0.929. The number of esters is 1. The molecule has 0 aromatic heterocycles. The second kappa shape index (κ2) is 7.10. The molecule has 0 aromatic rings. The second-order valence-electron chi connectivity index (χ2n) is 5.28. The van der Waals surface area contributed by atoms with Crippen LogP contribution in [-0.2, 0) is 14.3 Å². The number of ether oxygens (including phenoxy) is 2. The predicted octanol–water partition coefficient (Wildman–Crippen LogP) is 2.27. The van der Waals surface area contributed by atoms with E-state index in [1.807, 2.05) is 20.8 Å². The zero-order valence-electron chi connectivity index (χ0n) is 12.1. The van der Waals surface area contributed by atoms with Crippen molar-refractivity contribution in [2.24, 2.45) is 0 Å². The van der Waals surface area contributed by atoms with Crippen molar-refractivity contribution in [2.75, 3.05) is 13.7 Å². The number of rotatable bonds is 6. The summed E-state index contributed by atoms with van der Waals surface area (Å²) in [6.45, 7) is 6.02. The molecule has 1 rings (SSSR count). The first kappa shape index (κ1) is 15.4. The topological polar surface area (TPSA) is 47.6 Å². The summed E-state index contributed by atoms with van der Waals surface area (Å²) in [5.74, 6) is -0.218. The van der Waals surface area contributed by atoms with Crippen LogP contribution in [0.15, 0.2) is 0 Å². The third-order valence-electron chi connectivity index (χ3n) is 3.98. The van der Waals surface area contributed by atoms with Crippen LogP contribution in [0.4, 0.5) is 0 Å². The zero-order valence-corrected chi connectivity index (χ0v) is 12.1. The van der Waals surface area contributed by atoms with Gasteiger partial charge in [-0.15, -0.1) is 0 Å². The normalized spacial score (nSPS) is 22.2. The molecule has 2 atom stereocenters. The van der Waals surface area contributed by atoms with Crippen LogP contribution in [0.5, 0.6) is 0 Å². The van der Waals surface area contributed by atoms with Crippen molar-refractivity contribution in [1.29, 1.82) is 0 Å². The Bertz CT molecular complexity index is 264. The minimum absolute atomic E-state index is 0.210. The lowest BCUT2D eigenvalue weighted by atomic mass is 9.89. The lowest BCUT2D eigenvalue weighted by molar-refractivity contribution is -0.157. The number of hydrogen-bond donors (Lipinski definition) is 1. The second-order valence-corrected chi connectivity index (χ2v) is 5.28. The number of methoxy groups -OCH3 is 1. The van der Waals surface area contributed by atoms with Gasteiger partial charge in [-0.3, -0.25) is 5.32 Å². The van der Waals surface area contributed by atoms with E-state index in [2.05, 4.69) is 5.32 Å². The predicted molar refractivity (Wildman–Crippen MR) is 71.5 cm³/mol. The molecule has 1 fully saturated rings. The monoisotopic (exact) mass is 257 g/mol. The van der Waals surface area contributed by atoms with E-state index in [4.69, 9.17) is 9.47 Å². The maximum atomic E-state index is 12.2. The molecule has 106 valence electrons. The standard InChI is InChI=1S/C14H27NO3/c1-5-18-13(16)14(3,11(2)17-4)15-12-9-7-6-8-10-12/h11-12,15H,5-10H2,1-4H3. The molecule has 4 nitrogen and oxygen atoms in total. The van der Waals surface area contributed by atoms with Crippen molar-refractivity contribution in [1.82, 2.24) is 5.32 Å². The highest BCUT2D eigenvalue weighted by Crippen LogP contribution is 2.23. The minimum atomic E-state index is -0.757. The molecule has 0 heterocycles. The Kier molecular flexibility index (Phi) is 6.09. The van der Waals surface area contributed by atoms with Gasteiger partial charge in [-0.25, -0.2) is 4.79 Å². The van der Waals surface area contributed by atoms with Crippen LogP contribution >= 0.6 is 0 Å². The molecule has 0 radical (unpaired) electrons. The van der Waals surface area contributed by atoms with Crippen LogP contribution in [0.3, 0.4) is 0 Å². The smallest absolute Gasteiger partial charge is 0.328 e. The molecule has 0 aliphatic heterocycles. The summed E-state index contributed by atoms with van der Waals surface area (Å²) in [7, 11) is 1.63. The summed E-state index contributed by atoms with van der Waals surface area (Å²) in [5, 5.41) is 3.47. The molecule has 0 aromatic carbocycles. The van der Waals surface area contributed by atoms with Gasteiger partial charge in [0, 0.05) is 13.2 Å². The van der Waals surface area contributed by atoms with Gasteiger partial charge in [0.2, 0.25) is 0 Å². The molecule has 2 unspecified atom stereocenters. The van der Waals surface area contributed by atoms with Gasteiger partial charge in [-0.2, -0.15) is 0 Å². The van der Waals surface area contributed by atoms with Gasteiger partial charge in [-0.1, -0.05) is 19.3 Å². The summed E-state index contributed by atoms with van der Waals surface area (Å²) < 4.78 is 10.6. The van der Waals surface area contributed by atoms with Crippen molar-refractivity contribution >= 4 is 5.97 Å². The molecule has 0 bridgehead atoms. The molecule has 18 heavy (non-hydrogen) atoms. The third kappa shape index (κ3) is 3.69. The summed E-state index contributed by atoms with van der Waals surface area (Å²) >= 11 is 0. The fourth-order valence-corrected chi connectivity index (χ4v) is 2.53. The van der Waals surface area contributed by atoms with Crippen LogP contribution in [0.1, 0.15) is 52.9 Å². The molecular weight excluding hydrogens is 230 g/mol. The summed E-state index contributed by atoms with van der Waals surface area (Å²) in [6, 6.07) is 0.394. The van der Waals surface area contributed by atoms with Gasteiger partial charge in [-0.05, 0) is 33.6 Å². The molecular formula is C14H27NO3. The van der Waals surface area contributed by atoms with Crippen LogP contribution in [0, 0.1) is 0 Å². The van der Waals surface area contributed by atoms with Gasteiger partial charge in [0.1, 0.15) is 5.54 Å². The van der Waals surface area contributed by atoms with Crippen molar-refractivity contribution in [3.63, 3.8) is 0 Å². The van der Waals surface area contributed by atoms with Crippen LogP contribution in [0.25, 0.3) is 0 Å². The number of hydrogen-bond acceptors (Lipinski definition) is 4. The van der Waals surface area contributed by atoms with Crippen molar-refractivity contribution < 1.29 is 14.3 Å². The Morgan fingerprint density at radius 3 is 2.50 bits per heavy atom. The van der Waals surface area contributed by atoms with E-state index in [0.717, 1.165) is 12.8 Å². The molecule has 0 spiro atoms. The molecule has 0 saturated heterocycles. The van der Waals surface area contributed by atoms with E-state index in [0.29, 0.717) is 12.6 Å². The zero-order chi connectivity index (χ0) is 13.6. The minimum Gasteiger partial charge on any atom is -0.465 e. The summed E-state index contributed by atoms with van der Waals surface area (Å²) in [5.41, 5.74) is -0.757.